The van der Waals surface area contributed by atoms with Crippen LogP contribution in [-0.2, 0) is 23.9 Å². The summed E-state index contributed by atoms with van der Waals surface area (Å²) in [5.41, 5.74) is 1.23. The first-order valence-electron chi connectivity index (χ1n) is 12.8. The van der Waals surface area contributed by atoms with Gasteiger partial charge in [-0.3, -0.25) is 9.59 Å². The van der Waals surface area contributed by atoms with E-state index in [9.17, 15) is 22.8 Å². The summed E-state index contributed by atoms with van der Waals surface area (Å²) in [4.78, 5) is 27.1. The van der Waals surface area contributed by atoms with Gasteiger partial charge in [0, 0.05) is 66.7 Å². The van der Waals surface area contributed by atoms with Crippen LogP contribution in [0.25, 0.3) is 22.3 Å². The van der Waals surface area contributed by atoms with Gasteiger partial charge in [0.1, 0.15) is 11.5 Å². The van der Waals surface area contributed by atoms with Gasteiger partial charge in [-0.15, -0.1) is 0 Å². The number of halogens is 3. The number of nitrogens with one attached hydrogen (secondary N) is 1. The summed E-state index contributed by atoms with van der Waals surface area (Å²) < 4.78 is 55.2. The van der Waals surface area contributed by atoms with Crippen molar-refractivity contribution in [1.29, 1.82) is 0 Å². The van der Waals surface area contributed by atoms with Crippen LogP contribution in [0.1, 0.15) is 31.0 Å². The van der Waals surface area contributed by atoms with Crippen molar-refractivity contribution in [3.05, 3.63) is 64.1 Å². The normalized spacial score (nSPS) is 16.8. The van der Waals surface area contributed by atoms with E-state index in [1.54, 1.807) is 28.8 Å². The summed E-state index contributed by atoms with van der Waals surface area (Å²) in [6, 6.07) is 10.7. The van der Waals surface area contributed by atoms with E-state index in [1.807, 2.05) is 4.90 Å². The van der Waals surface area contributed by atoms with Crippen LogP contribution in [0.2, 0.25) is 0 Å². The quantitative estimate of drug-likeness (QED) is 0.482. The SMILES string of the molecule is COc1cc(OC)cc(-c2cc(-c3cc(N4CCC(NC(C)=O)C4)ccc3C(F)(F)F)c(=O)n3c2CCC3)c1. The summed E-state index contributed by atoms with van der Waals surface area (Å²) in [6.07, 6.45) is -2.63. The maximum atomic E-state index is 14.3. The molecule has 1 N–H and O–H groups in total. The number of carbonyl (C=O) groups excluding carboxylic acids is 1. The molecule has 2 aromatic carbocycles. The molecule has 7 nitrogen and oxygen atoms in total. The van der Waals surface area contributed by atoms with E-state index in [0.29, 0.717) is 60.8 Å². The van der Waals surface area contributed by atoms with Crippen LogP contribution >= 0.6 is 0 Å². The molecule has 10 heteroatoms. The van der Waals surface area contributed by atoms with Gasteiger partial charge in [0.25, 0.3) is 5.56 Å². The maximum Gasteiger partial charge on any atom is 0.417 e. The molecular formula is C29H30F3N3O4. The Balaban J connectivity index is 1.68. The molecule has 1 unspecified atom stereocenters. The fourth-order valence-corrected chi connectivity index (χ4v) is 5.62. The number of anilines is 1. The molecule has 1 atom stereocenters. The molecule has 5 rings (SSSR count). The number of hydrogen-bond donors (Lipinski definition) is 1. The first-order valence-corrected chi connectivity index (χ1v) is 12.8. The number of amides is 1. The van der Waals surface area contributed by atoms with Crippen LogP contribution in [0.3, 0.4) is 0 Å². The molecule has 1 aromatic heterocycles. The van der Waals surface area contributed by atoms with Crippen LogP contribution in [0.15, 0.2) is 47.3 Å². The molecule has 3 aromatic rings. The van der Waals surface area contributed by atoms with Crippen LogP contribution in [-0.4, -0.2) is 43.8 Å². The highest BCUT2D eigenvalue weighted by Crippen LogP contribution is 2.41. The molecule has 3 heterocycles. The van der Waals surface area contributed by atoms with Crippen molar-refractivity contribution in [2.24, 2.45) is 0 Å². The molecule has 2 aliphatic rings. The number of ether oxygens (including phenoxy) is 2. The van der Waals surface area contributed by atoms with Gasteiger partial charge < -0.3 is 24.3 Å². The van der Waals surface area contributed by atoms with Crippen molar-refractivity contribution in [3.63, 3.8) is 0 Å². The van der Waals surface area contributed by atoms with Crippen molar-refractivity contribution >= 4 is 11.6 Å². The predicted octanol–water partition coefficient (Wildman–Crippen LogP) is 4.88. The topological polar surface area (TPSA) is 72.8 Å². The Morgan fingerprint density at radius 3 is 2.33 bits per heavy atom. The summed E-state index contributed by atoms with van der Waals surface area (Å²) >= 11 is 0. The van der Waals surface area contributed by atoms with Gasteiger partial charge in [-0.2, -0.15) is 13.2 Å². The summed E-state index contributed by atoms with van der Waals surface area (Å²) in [5, 5.41) is 2.87. The average Bonchev–Trinajstić information content (AvgIpc) is 3.58. The molecule has 0 bridgehead atoms. The minimum absolute atomic E-state index is 0.00998. The minimum atomic E-state index is -4.66. The fraction of sp³-hybridized carbons (Fsp3) is 0.379. The second kappa shape index (κ2) is 10.3. The minimum Gasteiger partial charge on any atom is -0.497 e. The Labute approximate surface area is 224 Å². The molecule has 206 valence electrons. The van der Waals surface area contributed by atoms with E-state index in [4.69, 9.17) is 9.47 Å². The zero-order valence-electron chi connectivity index (χ0n) is 22.0. The number of nitrogens with zero attached hydrogens (tertiary/aromatic N) is 2. The largest absolute Gasteiger partial charge is 0.497 e. The van der Waals surface area contributed by atoms with Gasteiger partial charge in [-0.05, 0) is 61.2 Å². The molecule has 0 radical (unpaired) electrons. The maximum absolute atomic E-state index is 14.3. The lowest BCUT2D eigenvalue weighted by molar-refractivity contribution is -0.137. The van der Waals surface area contributed by atoms with Gasteiger partial charge in [-0.1, -0.05) is 0 Å². The van der Waals surface area contributed by atoms with E-state index in [-0.39, 0.29) is 23.1 Å². The average molecular weight is 542 g/mol. The van der Waals surface area contributed by atoms with Crippen molar-refractivity contribution in [2.75, 3.05) is 32.2 Å². The molecule has 0 aliphatic carbocycles. The number of hydrogen-bond acceptors (Lipinski definition) is 5. The second-order valence-electron chi connectivity index (χ2n) is 9.94. The number of rotatable bonds is 6. The lowest BCUT2D eigenvalue weighted by Crippen LogP contribution is -2.35. The monoisotopic (exact) mass is 541 g/mol. The van der Waals surface area contributed by atoms with E-state index < -0.39 is 17.3 Å². The lowest BCUT2D eigenvalue weighted by Gasteiger charge is -2.22. The fourth-order valence-electron chi connectivity index (χ4n) is 5.62. The highest BCUT2D eigenvalue weighted by Gasteiger charge is 2.36. The van der Waals surface area contributed by atoms with Crippen LogP contribution in [0.4, 0.5) is 18.9 Å². The molecule has 0 saturated carbocycles. The third-order valence-electron chi connectivity index (χ3n) is 7.42. The summed E-state index contributed by atoms with van der Waals surface area (Å²) in [7, 11) is 3.06. The Morgan fingerprint density at radius 2 is 1.69 bits per heavy atom. The zero-order valence-corrected chi connectivity index (χ0v) is 22.0. The molecule has 39 heavy (non-hydrogen) atoms. The second-order valence-corrected chi connectivity index (χ2v) is 9.94. The van der Waals surface area contributed by atoms with Crippen molar-refractivity contribution in [2.45, 2.75) is 44.9 Å². The van der Waals surface area contributed by atoms with Crippen LogP contribution in [0, 0.1) is 0 Å². The van der Waals surface area contributed by atoms with E-state index in [2.05, 4.69) is 5.32 Å². The standard InChI is InChI=1S/C29H30F3N3O4/c1-17(36)33-19-8-10-34(16-19)20-6-7-26(29(30,31)32)24(13-20)25-15-23(27-5-4-9-35(27)28(25)37)18-11-21(38-2)14-22(12-18)39-3/h6-7,11-15,19H,4-5,8-10,16H2,1-3H3,(H,33,36). The number of pyridine rings is 1. The Morgan fingerprint density at radius 1 is 0.974 bits per heavy atom. The number of aromatic nitrogens is 1. The molecule has 1 fully saturated rings. The molecule has 2 aliphatic heterocycles. The van der Waals surface area contributed by atoms with Gasteiger partial charge in [-0.25, -0.2) is 0 Å². The lowest BCUT2D eigenvalue weighted by atomic mass is 9.94. The summed E-state index contributed by atoms with van der Waals surface area (Å²) in [5.74, 6) is 0.923. The van der Waals surface area contributed by atoms with E-state index in [1.165, 1.54) is 33.3 Å². The van der Waals surface area contributed by atoms with Crippen molar-refractivity contribution in [1.82, 2.24) is 9.88 Å². The third kappa shape index (κ3) is 5.20. The van der Waals surface area contributed by atoms with Crippen molar-refractivity contribution in [3.8, 4) is 33.8 Å². The van der Waals surface area contributed by atoms with Gasteiger partial charge in [0.05, 0.1) is 19.8 Å². The first kappa shape index (κ1) is 26.6. The number of fused-ring (bicyclic) bond motifs is 1. The van der Waals surface area contributed by atoms with Gasteiger partial charge >= 0.3 is 6.18 Å². The smallest absolute Gasteiger partial charge is 0.417 e. The number of alkyl halides is 3. The summed E-state index contributed by atoms with van der Waals surface area (Å²) in [6.45, 7) is 2.92. The first-order chi connectivity index (χ1) is 18.6. The third-order valence-corrected chi connectivity index (χ3v) is 7.42. The van der Waals surface area contributed by atoms with Crippen LogP contribution in [0.5, 0.6) is 11.5 Å². The predicted molar refractivity (Wildman–Crippen MR) is 142 cm³/mol. The van der Waals surface area contributed by atoms with Gasteiger partial charge in [0.2, 0.25) is 5.91 Å². The highest BCUT2D eigenvalue weighted by molar-refractivity contribution is 5.79. The molecule has 1 saturated heterocycles. The molecule has 0 spiro atoms. The number of benzene rings is 2. The van der Waals surface area contributed by atoms with Gasteiger partial charge in [0.15, 0.2) is 0 Å². The molecule has 1 amide bonds. The number of carbonyl (C=O) groups is 1. The van der Waals surface area contributed by atoms with E-state index in [0.717, 1.165) is 18.2 Å². The highest BCUT2D eigenvalue weighted by atomic mass is 19.4. The zero-order chi connectivity index (χ0) is 27.9. The molecular weight excluding hydrogens is 511 g/mol. The Kier molecular flexibility index (Phi) is 7.05. The number of methoxy groups -OCH3 is 2. The van der Waals surface area contributed by atoms with Crippen LogP contribution < -0.4 is 25.2 Å². The Hall–Kier alpha value is -3.95. The van der Waals surface area contributed by atoms with Crippen molar-refractivity contribution < 1.29 is 27.4 Å². The Bertz CT molecular complexity index is 1460. The van der Waals surface area contributed by atoms with E-state index >= 15 is 0 Å².